The predicted molar refractivity (Wildman–Crippen MR) is 86.9 cm³/mol. The van der Waals surface area contributed by atoms with E-state index < -0.39 is 11.7 Å². The first kappa shape index (κ1) is 14.5. The molecule has 2 aromatic rings. The number of hydrogen-bond donors (Lipinski definition) is 0. The Labute approximate surface area is 136 Å². The second kappa shape index (κ2) is 5.82. The van der Waals surface area contributed by atoms with Crippen LogP contribution in [0.3, 0.4) is 0 Å². The van der Waals surface area contributed by atoms with Crippen molar-refractivity contribution in [2.24, 2.45) is 0 Å². The maximum atomic E-state index is 12.6. The smallest absolute Gasteiger partial charge is 0.339 e. The maximum absolute atomic E-state index is 12.6. The quantitative estimate of drug-likeness (QED) is 0.637. The van der Waals surface area contributed by atoms with Crippen LogP contribution in [0.1, 0.15) is 36.8 Å². The van der Waals surface area contributed by atoms with Crippen molar-refractivity contribution in [2.45, 2.75) is 43.5 Å². The Bertz CT molecular complexity index is 635. The van der Waals surface area contributed by atoms with Gasteiger partial charge in [0.2, 0.25) is 0 Å². The zero-order valence-corrected chi connectivity index (χ0v) is 13.0. The van der Waals surface area contributed by atoms with Gasteiger partial charge in [-0.15, -0.1) is 0 Å². The lowest BCUT2D eigenvalue weighted by molar-refractivity contribution is -0.150. The van der Waals surface area contributed by atoms with Crippen molar-refractivity contribution in [3.8, 4) is 0 Å². The number of esters is 1. The van der Waals surface area contributed by atoms with Crippen molar-refractivity contribution in [3.05, 3.63) is 71.8 Å². The summed E-state index contributed by atoms with van der Waals surface area (Å²) < 4.78 is 11.6. The molecule has 1 saturated heterocycles. The van der Waals surface area contributed by atoms with Crippen LogP contribution in [0.25, 0.3) is 0 Å². The molecule has 0 aromatic heterocycles. The van der Waals surface area contributed by atoms with Gasteiger partial charge in [0, 0.05) is 0 Å². The molecule has 0 spiro atoms. The molecule has 0 N–H and O–H groups in total. The normalized spacial score (nSPS) is 22.7. The van der Waals surface area contributed by atoms with Crippen LogP contribution in [0, 0.1) is 0 Å². The molecule has 118 valence electrons. The van der Waals surface area contributed by atoms with Crippen LogP contribution in [-0.2, 0) is 19.9 Å². The third-order valence-electron chi connectivity index (χ3n) is 4.82. The number of carbonyl (C=O) groups excluding carboxylic acids is 1. The lowest BCUT2D eigenvalue weighted by Gasteiger charge is -2.15. The molecule has 2 fully saturated rings. The van der Waals surface area contributed by atoms with Gasteiger partial charge in [-0.2, -0.15) is 0 Å². The van der Waals surface area contributed by atoms with E-state index in [0.29, 0.717) is 0 Å². The fourth-order valence-electron chi connectivity index (χ4n) is 3.58. The molecule has 1 aliphatic heterocycles. The lowest BCUT2D eigenvalue weighted by Crippen LogP contribution is -2.25. The van der Waals surface area contributed by atoms with Gasteiger partial charge in [-0.3, -0.25) is 0 Å². The summed E-state index contributed by atoms with van der Waals surface area (Å²) in [5, 5.41) is 0. The molecule has 4 rings (SSSR count). The predicted octanol–water partition coefficient (Wildman–Crippen LogP) is 3.81. The Morgan fingerprint density at radius 3 is 1.96 bits per heavy atom. The highest BCUT2D eigenvalue weighted by molar-refractivity contribution is 5.81. The fourth-order valence-corrected chi connectivity index (χ4v) is 3.58. The Kier molecular flexibility index (Phi) is 3.66. The minimum atomic E-state index is -0.696. The minimum Gasteiger partial charge on any atom is -0.460 e. The van der Waals surface area contributed by atoms with Crippen molar-refractivity contribution in [1.82, 2.24) is 0 Å². The molecule has 0 radical (unpaired) electrons. The number of epoxide rings is 1. The number of carbonyl (C=O) groups is 1. The van der Waals surface area contributed by atoms with Crippen molar-refractivity contribution in [1.29, 1.82) is 0 Å². The van der Waals surface area contributed by atoms with Gasteiger partial charge in [-0.05, 0) is 36.8 Å². The molecule has 1 aliphatic carbocycles. The third kappa shape index (κ3) is 2.55. The van der Waals surface area contributed by atoms with E-state index in [-0.39, 0.29) is 12.1 Å². The summed E-state index contributed by atoms with van der Waals surface area (Å²) in [6.45, 7) is 0. The van der Waals surface area contributed by atoms with Crippen molar-refractivity contribution in [3.63, 3.8) is 0 Å². The van der Waals surface area contributed by atoms with Crippen LogP contribution in [0.5, 0.6) is 0 Å². The van der Waals surface area contributed by atoms with E-state index >= 15 is 0 Å². The molecule has 0 amide bonds. The van der Waals surface area contributed by atoms with Crippen LogP contribution in [0.2, 0.25) is 0 Å². The van der Waals surface area contributed by atoms with Gasteiger partial charge < -0.3 is 9.47 Å². The van der Waals surface area contributed by atoms with E-state index in [2.05, 4.69) is 0 Å². The number of benzene rings is 2. The summed E-state index contributed by atoms with van der Waals surface area (Å²) >= 11 is 0. The van der Waals surface area contributed by atoms with Gasteiger partial charge in [-0.25, -0.2) is 4.79 Å². The molecule has 3 nitrogen and oxygen atoms in total. The molecule has 0 bridgehead atoms. The zero-order chi connectivity index (χ0) is 15.7. The average Bonchev–Trinajstić information content (AvgIpc) is 3.18. The van der Waals surface area contributed by atoms with Gasteiger partial charge in [0.1, 0.15) is 6.10 Å². The second-order valence-electron chi connectivity index (χ2n) is 6.31. The van der Waals surface area contributed by atoms with Crippen molar-refractivity contribution < 1.29 is 14.3 Å². The number of ether oxygens (including phenoxy) is 2. The first-order valence-corrected chi connectivity index (χ1v) is 8.30. The average molecular weight is 308 g/mol. The molecule has 1 saturated carbocycles. The van der Waals surface area contributed by atoms with Crippen LogP contribution in [-0.4, -0.2) is 18.2 Å². The van der Waals surface area contributed by atoms with Crippen molar-refractivity contribution >= 4 is 5.97 Å². The van der Waals surface area contributed by atoms with Gasteiger partial charge in [0.25, 0.3) is 0 Å². The van der Waals surface area contributed by atoms with Crippen LogP contribution < -0.4 is 0 Å². The molecule has 1 heterocycles. The van der Waals surface area contributed by atoms with E-state index in [1.54, 1.807) is 0 Å². The Hall–Kier alpha value is -2.13. The molecule has 1 atom stereocenters. The summed E-state index contributed by atoms with van der Waals surface area (Å²) in [5.74, 6) is -0.232. The molecular formula is C20H20O3. The molecule has 2 aromatic carbocycles. The molecule has 2 aliphatic rings. The maximum Gasteiger partial charge on any atom is 0.339 e. The van der Waals surface area contributed by atoms with Gasteiger partial charge in [-0.1, -0.05) is 60.7 Å². The Morgan fingerprint density at radius 1 is 0.913 bits per heavy atom. The number of rotatable bonds is 4. The first-order valence-electron chi connectivity index (χ1n) is 8.30. The first-order chi connectivity index (χ1) is 11.3. The lowest BCUT2D eigenvalue weighted by atomic mass is 9.88. The van der Waals surface area contributed by atoms with Crippen LogP contribution >= 0.6 is 0 Å². The summed E-state index contributed by atoms with van der Waals surface area (Å²) in [4.78, 5) is 12.6. The molecule has 3 heteroatoms. The van der Waals surface area contributed by atoms with E-state index in [1.807, 2.05) is 60.7 Å². The highest BCUT2D eigenvalue weighted by Crippen LogP contribution is 2.52. The Balaban J connectivity index is 1.63. The molecule has 1 unspecified atom stereocenters. The molecule has 23 heavy (non-hydrogen) atoms. The monoisotopic (exact) mass is 308 g/mol. The van der Waals surface area contributed by atoms with Crippen LogP contribution in [0.4, 0.5) is 0 Å². The van der Waals surface area contributed by atoms with E-state index in [0.717, 1.165) is 36.8 Å². The van der Waals surface area contributed by atoms with Gasteiger partial charge in [0.05, 0.1) is 0 Å². The van der Waals surface area contributed by atoms with Crippen molar-refractivity contribution in [2.75, 3.05) is 0 Å². The van der Waals surface area contributed by atoms with E-state index in [9.17, 15) is 4.79 Å². The SMILES string of the molecule is O=C(OC1CCCC1)C1OC1(c1ccccc1)c1ccccc1. The third-order valence-corrected chi connectivity index (χ3v) is 4.82. The van der Waals surface area contributed by atoms with Crippen LogP contribution in [0.15, 0.2) is 60.7 Å². The highest BCUT2D eigenvalue weighted by atomic mass is 16.7. The van der Waals surface area contributed by atoms with E-state index in [4.69, 9.17) is 9.47 Å². The largest absolute Gasteiger partial charge is 0.460 e. The minimum absolute atomic E-state index is 0.0657. The molecular weight excluding hydrogens is 288 g/mol. The highest BCUT2D eigenvalue weighted by Gasteiger charge is 2.64. The summed E-state index contributed by atoms with van der Waals surface area (Å²) in [6, 6.07) is 19.9. The topological polar surface area (TPSA) is 38.8 Å². The summed E-state index contributed by atoms with van der Waals surface area (Å²) in [5.41, 5.74) is 1.30. The second-order valence-corrected chi connectivity index (χ2v) is 6.31. The standard InChI is InChI=1S/C20H20O3/c21-19(22-17-13-7-8-14-17)18-20(23-18,15-9-3-1-4-10-15)16-11-5-2-6-12-16/h1-6,9-12,17-18H,7-8,13-14H2. The van der Waals surface area contributed by atoms with Gasteiger partial charge in [0.15, 0.2) is 11.7 Å². The zero-order valence-electron chi connectivity index (χ0n) is 13.0. The number of hydrogen-bond acceptors (Lipinski definition) is 3. The Morgan fingerprint density at radius 2 is 1.43 bits per heavy atom. The fraction of sp³-hybridized carbons (Fsp3) is 0.350. The summed E-state index contributed by atoms with van der Waals surface area (Å²) in [6.07, 6.45) is 3.76. The van der Waals surface area contributed by atoms with Gasteiger partial charge >= 0.3 is 5.97 Å². The van der Waals surface area contributed by atoms with E-state index in [1.165, 1.54) is 0 Å². The summed E-state index contributed by atoms with van der Waals surface area (Å²) in [7, 11) is 0.